The van der Waals surface area contributed by atoms with Gasteiger partial charge in [0.15, 0.2) is 0 Å². The quantitative estimate of drug-likeness (QED) is 0.808. The summed E-state index contributed by atoms with van der Waals surface area (Å²) in [5, 5.41) is 0. The van der Waals surface area contributed by atoms with E-state index in [4.69, 9.17) is 5.73 Å². The van der Waals surface area contributed by atoms with Gasteiger partial charge in [-0.2, -0.15) is 0 Å². The van der Waals surface area contributed by atoms with Crippen LogP contribution >= 0.6 is 0 Å². The van der Waals surface area contributed by atoms with Gasteiger partial charge in [0, 0.05) is 6.20 Å². The first-order valence-electron chi connectivity index (χ1n) is 6.49. The summed E-state index contributed by atoms with van der Waals surface area (Å²) < 4.78 is 0. The molecule has 0 fully saturated rings. The van der Waals surface area contributed by atoms with Crippen LogP contribution in [0.25, 0.3) is 5.57 Å². The van der Waals surface area contributed by atoms with Gasteiger partial charge in [-0.1, -0.05) is 66.7 Å². The van der Waals surface area contributed by atoms with E-state index in [9.17, 15) is 0 Å². The van der Waals surface area contributed by atoms with Gasteiger partial charge in [-0.3, -0.25) is 0 Å². The molecular formula is C18H19N. The summed E-state index contributed by atoms with van der Waals surface area (Å²) in [7, 11) is 0. The minimum Gasteiger partial charge on any atom is -0.404 e. The molecule has 0 unspecified atom stereocenters. The largest absolute Gasteiger partial charge is 0.404 e. The molecule has 0 aliphatic carbocycles. The number of benzene rings is 2. The lowest BCUT2D eigenvalue weighted by molar-refractivity contribution is 1.24. The maximum atomic E-state index is 5.77. The summed E-state index contributed by atoms with van der Waals surface area (Å²) in [6, 6.07) is 20.7. The van der Waals surface area contributed by atoms with Crippen LogP contribution in [0.5, 0.6) is 0 Å². The predicted octanol–water partition coefficient (Wildman–Crippen LogP) is 4.18. The van der Waals surface area contributed by atoms with E-state index in [1.165, 1.54) is 11.1 Å². The smallest absolute Gasteiger partial charge is 0.00201 e. The molecule has 0 aromatic heterocycles. The number of hydrogen-bond donors (Lipinski definition) is 1. The molecule has 0 spiro atoms. The van der Waals surface area contributed by atoms with E-state index < -0.39 is 0 Å². The average molecular weight is 249 g/mol. The minimum atomic E-state index is 0.927. The Balaban J connectivity index is 2.16. The van der Waals surface area contributed by atoms with Crippen molar-refractivity contribution >= 4 is 5.57 Å². The van der Waals surface area contributed by atoms with Gasteiger partial charge in [-0.15, -0.1) is 0 Å². The third-order valence-electron chi connectivity index (χ3n) is 3.16. The number of rotatable bonds is 4. The third kappa shape index (κ3) is 3.59. The number of allylic oxidation sites excluding steroid dienone is 3. The summed E-state index contributed by atoms with van der Waals surface area (Å²) in [4.78, 5) is 0. The van der Waals surface area contributed by atoms with Gasteiger partial charge >= 0.3 is 0 Å². The van der Waals surface area contributed by atoms with Crippen LogP contribution in [-0.2, 0) is 6.42 Å². The minimum absolute atomic E-state index is 0.927. The SMILES string of the molecule is CC(=C/Cc1ccccc1)/C(=C\N)c1ccccc1. The van der Waals surface area contributed by atoms with Crippen LogP contribution in [0.3, 0.4) is 0 Å². The molecule has 0 atom stereocenters. The summed E-state index contributed by atoms with van der Waals surface area (Å²) in [6.45, 7) is 2.11. The molecule has 0 aliphatic heterocycles. The zero-order chi connectivity index (χ0) is 13.5. The summed E-state index contributed by atoms with van der Waals surface area (Å²) >= 11 is 0. The van der Waals surface area contributed by atoms with Crippen LogP contribution in [0, 0.1) is 0 Å². The maximum absolute atomic E-state index is 5.77. The first kappa shape index (κ1) is 13.2. The Morgan fingerprint density at radius 3 is 2.11 bits per heavy atom. The second-order valence-corrected chi connectivity index (χ2v) is 4.52. The first-order chi connectivity index (χ1) is 9.31. The third-order valence-corrected chi connectivity index (χ3v) is 3.16. The molecule has 0 heterocycles. The Bertz CT molecular complexity index is 565. The molecule has 0 amide bonds. The van der Waals surface area contributed by atoms with Crippen LogP contribution in [0.1, 0.15) is 18.1 Å². The van der Waals surface area contributed by atoms with Crippen molar-refractivity contribution in [2.75, 3.05) is 0 Å². The van der Waals surface area contributed by atoms with Crippen molar-refractivity contribution in [3.63, 3.8) is 0 Å². The zero-order valence-electron chi connectivity index (χ0n) is 11.2. The summed E-state index contributed by atoms with van der Waals surface area (Å²) in [5.41, 5.74) is 10.5. The van der Waals surface area contributed by atoms with E-state index in [0.717, 1.165) is 17.6 Å². The van der Waals surface area contributed by atoms with Crippen LogP contribution in [0.4, 0.5) is 0 Å². The first-order valence-corrected chi connectivity index (χ1v) is 6.49. The van der Waals surface area contributed by atoms with Crippen molar-refractivity contribution in [3.8, 4) is 0 Å². The Hall–Kier alpha value is -2.28. The van der Waals surface area contributed by atoms with E-state index >= 15 is 0 Å². The Kier molecular flexibility index (Phi) is 4.57. The molecule has 0 aliphatic rings. The van der Waals surface area contributed by atoms with E-state index in [1.807, 2.05) is 24.3 Å². The van der Waals surface area contributed by atoms with E-state index in [0.29, 0.717) is 0 Å². The molecule has 2 aromatic rings. The summed E-state index contributed by atoms with van der Waals surface area (Å²) in [6.07, 6.45) is 4.84. The lowest BCUT2D eigenvalue weighted by Crippen LogP contribution is -1.92. The van der Waals surface area contributed by atoms with E-state index in [1.54, 1.807) is 6.20 Å². The molecule has 0 radical (unpaired) electrons. The highest BCUT2D eigenvalue weighted by Gasteiger charge is 2.02. The molecule has 0 saturated carbocycles. The fourth-order valence-corrected chi connectivity index (χ4v) is 2.07. The molecular weight excluding hydrogens is 230 g/mol. The Morgan fingerprint density at radius 1 is 0.947 bits per heavy atom. The highest BCUT2D eigenvalue weighted by atomic mass is 14.5. The molecule has 1 heteroatoms. The van der Waals surface area contributed by atoms with Gasteiger partial charge in [0.25, 0.3) is 0 Å². The fourth-order valence-electron chi connectivity index (χ4n) is 2.07. The van der Waals surface area contributed by atoms with E-state index in [2.05, 4.69) is 49.4 Å². The molecule has 2 N–H and O–H groups in total. The van der Waals surface area contributed by atoms with Crippen LogP contribution < -0.4 is 5.73 Å². The number of hydrogen-bond acceptors (Lipinski definition) is 1. The molecule has 19 heavy (non-hydrogen) atoms. The highest BCUT2D eigenvalue weighted by Crippen LogP contribution is 2.21. The van der Waals surface area contributed by atoms with Crippen LogP contribution in [0.15, 0.2) is 78.5 Å². The van der Waals surface area contributed by atoms with Crippen LogP contribution in [0.2, 0.25) is 0 Å². The van der Waals surface area contributed by atoms with Gasteiger partial charge in [-0.05, 0) is 35.6 Å². The van der Waals surface area contributed by atoms with Gasteiger partial charge in [-0.25, -0.2) is 0 Å². The second kappa shape index (κ2) is 6.60. The zero-order valence-corrected chi connectivity index (χ0v) is 11.2. The number of nitrogens with two attached hydrogens (primary N) is 1. The van der Waals surface area contributed by atoms with Gasteiger partial charge in [0.2, 0.25) is 0 Å². The highest BCUT2D eigenvalue weighted by molar-refractivity contribution is 5.78. The molecule has 2 rings (SSSR count). The Labute approximate surface area is 115 Å². The molecule has 1 nitrogen and oxygen atoms in total. The average Bonchev–Trinajstić information content (AvgIpc) is 2.48. The fraction of sp³-hybridized carbons (Fsp3) is 0.111. The molecule has 0 saturated heterocycles. The summed E-state index contributed by atoms with van der Waals surface area (Å²) in [5.74, 6) is 0. The van der Waals surface area contributed by atoms with Gasteiger partial charge in [0.05, 0.1) is 0 Å². The van der Waals surface area contributed by atoms with Crippen molar-refractivity contribution < 1.29 is 0 Å². The predicted molar refractivity (Wildman–Crippen MR) is 82.5 cm³/mol. The van der Waals surface area contributed by atoms with Crippen molar-refractivity contribution in [2.24, 2.45) is 5.73 Å². The Morgan fingerprint density at radius 2 is 1.53 bits per heavy atom. The van der Waals surface area contributed by atoms with Crippen LogP contribution in [-0.4, -0.2) is 0 Å². The van der Waals surface area contributed by atoms with Crippen molar-refractivity contribution in [2.45, 2.75) is 13.3 Å². The lowest BCUT2D eigenvalue weighted by Gasteiger charge is -2.08. The van der Waals surface area contributed by atoms with E-state index in [-0.39, 0.29) is 0 Å². The van der Waals surface area contributed by atoms with Gasteiger partial charge < -0.3 is 5.73 Å². The molecule has 96 valence electrons. The van der Waals surface area contributed by atoms with Crippen molar-refractivity contribution in [1.82, 2.24) is 0 Å². The van der Waals surface area contributed by atoms with Crippen molar-refractivity contribution in [3.05, 3.63) is 89.6 Å². The molecule has 0 bridgehead atoms. The maximum Gasteiger partial charge on any atom is 0.00201 e. The normalized spacial score (nSPS) is 12.5. The molecule has 2 aromatic carbocycles. The standard InChI is InChI=1S/C18H19N/c1-15(12-13-16-8-4-2-5-9-16)18(14-19)17-10-6-3-7-11-17/h2-12,14H,13,19H2,1H3/b15-12-,18-14+. The topological polar surface area (TPSA) is 26.0 Å². The van der Waals surface area contributed by atoms with Gasteiger partial charge in [0.1, 0.15) is 0 Å². The monoisotopic (exact) mass is 249 g/mol. The second-order valence-electron chi connectivity index (χ2n) is 4.52. The lowest BCUT2D eigenvalue weighted by atomic mass is 9.98. The van der Waals surface area contributed by atoms with Crippen molar-refractivity contribution in [1.29, 1.82) is 0 Å².